The summed E-state index contributed by atoms with van der Waals surface area (Å²) in [4.78, 5) is 11.8. The zero-order chi connectivity index (χ0) is 13.9. The van der Waals surface area contributed by atoms with Crippen LogP contribution < -0.4 is 11.1 Å². The molecule has 0 radical (unpaired) electrons. The van der Waals surface area contributed by atoms with Gasteiger partial charge in [-0.05, 0) is 17.5 Å². The average molecular weight is 271 g/mol. The van der Waals surface area contributed by atoms with E-state index in [2.05, 4.69) is 27.8 Å². The second kappa shape index (κ2) is 5.42. The molecule has 0 aliphatic heterocycles. The summed E-state index contributed by atoms with van der Waals surface area (Å²) in [5.74, 6) is 0.383. The van der Waals surface area contributed by atoms with Crippen LogP contribution in [0.15, 0.2) is 30.5 Å². The van der Waals surface area contributed by atoms with Crippen LogP contribution in [0, 0.1) is 0 Å². The Kier molecular flexibility index (Phi) is 3.47. The van der Waals surface area contributed by atoms with Gasteiger partial charge in [-0.2, -0.15) is 0 Å². The molecule has 6 nitrogen and oxygen atoms in total. The number of fused-ring (bicyclic) bond motifs is 1. The van der Waals surface area contributed by atoms with Crippen molar-refractivity contribution < 1.29 is 4.79 Å². The molecular formula is C14H17N5O. The van der Waals surface area contributed by atoms with E-state index in [9.17, 15) is 4.79 Å². The van der Waals surface area contributed by atoms with Crippen LogP contribution in [0.1, 0.15) is 22.7 Å². The summed E-state index contributed by atoms with van der Waals surface area (Å²) in [6.07, 6.45) is 2.73. The van der Waals surface area contributed by atoms with Gasteiger partial charge in [0.1, 0.15) is 6.54 Å². The Balaban J connectivity index is 1.49. The molecule has 2 aromatic rings. The van der Waals surface area contributed by atoms with E-state index in [1.165, 1.54) is 15.8 Å². The first-order valence-corrected chi connectivity index (χ1v) is 6.70. The minimum Gasteiger partial charge on any atom is -0.354 e. The van der Waals surface area contributed by atoms with Crippen LogP contribution >= 0.6 is 0 Å². The molecule has 1 amide bonds. The predicted molar refractivity (Wildman–Crippen MR) is 73.8 cm³/mol. The maximum atomic E-state index is 11.8. The molecule has 6 heteroatoms. The molecule has 0 bridgehead atoms. The molecule has 0 spiro atoms. The summed E-state index contributed by atoms with van der Waals surface area (Å²) in [6.45, 7) is 1.19. The molecular weight excluding hydrogens is 254 g/mol. The van der Waals surface area contributed by atoms with Gasteiger partial charge in [0.2, 0.25) is 5.91 Å². The molecule has 0 saturated carbocycles. The number of aromatic nitrogens is 3. The van der Waals surface area contributed by atoms with Crippen LogP contribution in [0.4, 0.5) is 0 Å². The highest BCUT2D eigenvalue weighted by Gasteiger charge is 2.25. The van der Waals surface area contributed by atoms with E-state index in [1.807, 2.05) is 12.1 Å². The smallest absolute Gasteiger partial charge is 0.241 e. The molecule has 0 saturated heterocycles. The Hall–Kier alpha value is -2.21. The lowest BCUT2D eigenvalue weighted by Crippen LogP contribution is -2.35. The zero-order valence-corrected chi connectivity index (χ0v) is 11.1. The van der Waals surface area contributed by atoms with Gasteiger partial charge in [0.25, 0.3) is 0 Å². The molecule has 20 heavy (non-hydrogen) atoms. The van der Waals surface area contributed by atoms with Crippen molar-refractivity contribution in [3.05, 3.63) is 47.3 Å². The summed E-state index contributed by atoms with van der Waals surface area (Å²) >= 11 is 0. The second-order valence-corrected chi connectivity index (χ2v) is 5.02. The normalized spacial score (nSPS) is 16.4. The fraction of sp³-hybridized carbons (Fsp3) is 0.357. The van der Waals surface area contributed by atoms with Gasteiger partial charge in [0.05, 0.1) is 11.9 Å². The number of carbonyl (C=O) groups is 1. The molecule has 1 aliphatic carbocycles. The minimum atomic E-state index is -0.0529. The molecule has 1 atom stereocenters. The first-order valence-electron chi connectivity index (χ1n) is 6.70. The lowest BCUT2D eigenvalue weighted by molar-refractivity contribution is -0.121. The van der Waals surface area contributed by atoms with E-state index in [0.717, 1.165) is 6.42 Å². The predicted octanol–water partition coefficient (Wildman–Crippen LogP) is 0.193. The van der Waals surface area contributed by atoms with Crippen molar-refractivity contribution in [2.24, 2.45) is 5.73 Å². The first-order chi connectivity index (χ1) is 9.76. The highest BCUT2D eigenvalue weighted by molar-refractivity contribution is 5.75. The molecule has 3 N–H and O–H groups in total. The zero-order valence-electron chi connectivity index (χ0n) is 11.1. The monoisotopic (exact) mass is 271 g/mol. The minimum absolute atomic E-state index is 0.0529. The van der Waals surface area contributed by atoms with Crippen LogP contribution in [-0.2, 0) is 24.3 Å². The fourth-order valence-electron chi connectivity index (χ4n) is 2.49. The standard InChI is InChI=1S/C14H17N5O/c15-6-12-8-19(18-17-12)9-14(20)16-7-11-5-10-3-1-2-4-13(10)11/h1-4,8,11H,5-7,9,15H2,(H,16,20). The van der Waals surface area contributed by atoms with Crippen molar-refractivity contribution >= 4 is 5.91 Å². The van der Waals surface area contributed by atoms with Crippen LogP contribution in [0.5, 0.6) is 0 Å². The SMILES string of the molecule is NCc1cn(CC(=O)NCC2Cc3ccccc32)nn1. The third-order valence-corrected chi connectivity index (χ3v) is 3.61. The Labute approximate surface area is 117 Å². The third kappa shape index (κ3) is 2.55. The molecule has 1 heterocycles. The molecule has 3 rings (SSSR count). The summed E-state index contributed by atoms with van der Waals surface area (Å²) in [7, 11) is 0. The van der Waals surface area contributed by atoms with Crippen molar-refractivity contribution in [1.82, 2.24) is 20.3 Å². The van der Waals surface area contributed by atoms with Crippen LogP contribution in [0.3, 0.4) is 0 Å². The van der Waals surface area contributed by atoms with E-state index in [1.54, 1.807) is 6.20 Å². The van der Waals surface area contributed by atoms with Crippen molar-refractivity contribution in [2.75, 3.05) is 6.54 Å². The Morgan fingerprint density at radius 3 is 3.05 bits per heavy atom. The number of hydrogen-bond acceptors (Lipinski definition) is 4. The highest BCUT2D eigenvalue weighted by Crippen LogP contribution is 2.33. The lowest BCUT2D eigenvalue weighted by Gasteiger charge is -2.30. The van der Waals surface area contributed by atoms with E-state index < -0.39 is 0 Å². The number of carbonyl (C=O) groups excluding carboxylic acids is 1. The van der Waals surface area contributed by atoms with E-state index in [4.69, 9.17) is 5.73 Å². The van der Waals surface area contributed by atoms with Crippen LogP contribution in [0.2, 0.25) is 0 Å². The largest absolute Gasteiger partial charge is 0.354 e. The summed E-state index contributed by atoms with van der Waals surface area (Å²) in [5.41, 5.74) is 8.86. The van der Waals surface area contributed by atoms with Crippen LogP contribution in [-0.4, -0.2) is 27.4 Å². The van der Waals surface area contributed by atoms with Gasteiger partial charge >= 0.3 is 0 Å². The average Bonchev–Trinajstić information content (AvgIpc) is 2.87. The third-order valence-electron chi connectivity index (χ3n) is 3.61. The molecule has 0 fully saturated rings. The van der Waals surface area contributed by atoms with Gasteiger partial charge in [-0.25, -0.2) is 4.68 Å². The van der Waals surface area contributed by atoms with Gasteiger partial charge in [-0.3, -0.25) is 4.79 Å². The van der Waals surface area contributed by atoms with E-state index >= 15 is 0 Å². The van der Waals surface area contributed by atoms with Gasteiger partial charge in [-0.15, -0.1) is 5.10 Å². The second-order valence-electron chi connectivity index (χ2n) is 5.02. The van der Waals surface area contributed by atoms with Gasteiger partial charge in [0.15, 0.2) is 0 Å². The Bertz CT molecular complexity index is 622. The number of amides is 1. The number of nitrogens with one attached hydrogen (secondary N) is 1. The topological polar surface area (TPSA) is 85.8 Å². The molecule has 1 aliphatic rings. The number of nitrogens with two attached hydrogens (primary N) is 1. The molecule has 1 aromatic carbocycles. The summed E-state index contributed by atoms with van der Waals surface area (Å²) < 4.78 is 1.51. The van der Waals surface area contributed by atoms with Crippen molar-refractivity contribution in [1.29, 1.82) is 0 Å². The van der Waals surface area contributed by atoms with Gasteiger partial charge in [0, 0.05) is 19.0 Å². The number of benzene rings is 1. The molecule has 1 aromatic heterocycles. The van der Waals surface area contributed by atoms with Crippen molar-refractivity contribution in [3.63, 3.8) is 0 Å². The first kappa shape index (κ1) is 12.8. The molecule has 1 unspecified atom stereocenters. The highest BCUT2D eigenvalue weighted by atomic mass is 16.2. The maximum Gasteiger partial charge on any atom is 0.241 e. The lowest BCUT2D eigenvalue weighted by atomic mass is 9.77. The van der Waals surface area contributed by atoms with Gasteiger partial charge in [-0.1, -0.05) is 29.5 Å². The van der Waals surface area contributed by atoms with Crippen molar-refractivity contribution in [2.45, 2.75) is 25.4 Å². The fourth-order valence-corrected chi connectivity index (χ4v) is 2.49. The molecule has 104 valence electrons. The van der Waals surface area contributed by atoms with E-state index in [-0.39, 0.29) is 12.5 Å². The number of hydrogen-bond donors (Lipinski definition) is 2. The van der Waals surface area contributed by atoms with E-state index in [0.29, 0.717) is 24.7 Å². The van der Waals surface area contributed by atoms with Crippen molar-refractivity contribution in [3.8, 4) is 0 Å². The number of rotatable bonds is 5. The van der Waals surface area contributed by atoms with Crippen LogP contribution in [0.25, 0.3) is 0 Å². The number of nitrogens with zero attached hydrogens (tertiary/aromatic N) is 3. The summed E-state index contributed by atoms with van der Waals surface area (Å²) in [5, 5.41) is 10.6. The van der Waals surface area contributed by atoms with Gasteiger partial charge < -0.3 is 11.1 Å². The Morgan fingerprint density at radius 1 is 1.45 bits per heavy atom. The summed E-state index contributed by atoms with van der Waals surface area (Å²) in [6, 6.07) is 8.35. The quantitative estimate of drug-likeness (QED) is 0.813. The maximum absolute atomic E-state index is 11.8. The Morgan fingerprint density at radius 2 is 2.30 bits per heavy atom.